The summed E-state index contributed by atoms with van der Waals surface area (Å²) in [4.78, 5) is 5.52. The molecule has 17 heavy (non-hydrogen) atoms. The summed E-state index contributed by atoms with van der Waals surface area (Å²) in [7, 11) is 0. The number of thiophene rings is 1. The molecule has 1 aromatic heterocycles. The molecule has 0 bridgehead atoms. The van der Waals surface area contributed by atoms with Crippen LogP contribution in [-0.2, 0) is 6.54 Å². The van der Waals surface area contributed by atoms with Gasteiger partial charge in [0.1, 0.15) is 0 Å². The Morgan fingerprint density at radius 3 is 2.94 bits per heavy atom. The van der Waals surface area contributed by atoms with Gasteiger partial charge in [-0.1, -0.05) is 13.8 Å². The van der Waals surface area contributed by atoms with E-state index in [9.17, 15) is 0 Å². The van der Waals surface area contributed by atoms with Gasteiger partial charge in [0, 0.05) is 34.9 Å². The highest BCUT2D eigenvalue weighted by molar-refractivity contribution is 7.11. The molecule has 0 radical (unpaired) electrons. The minimum atomic E-state index is 0.601. The molecule has 1 aliphatic heterocycles. The van der Waals surface area contributed by atoms with E-state index < -0.39 is 0 Å². The Kier molecular flexibility index (Phi) is 4.60. The first-order valence-electron chi connectivity index (χ1n) is 6.67. The van der Waals surface area contributed by atoms with Gasteiger partial charge >= 0.3 is 0 Å². The summed E-state index contributed by atoms with van der Waals surface area (Å²) in [5.41, 5.74) is 0. The molecular formula is C14H24N2S. The van der Waals surface area contributed by atoms with Crippen molar-refractivity contribution in [2.45, 2.75) is 52.2 Å². The summed E-state index contributed by atoms with van der Waals surface area (Å²) < 4.78 is 0. The fourth-order valence-corrected chi connectivity index (χ4v) is 3.53. The normalized spacial score (nSPS) is 22.2. The van der Waals surface area contributed by atoms with Crippen LogP contribution in [0, 0.1) is 6.92 Å². The Bertz CT molecular complexity index is 346. The first kappa shape index (κ1) is 13.1. The molecule has 0 spiro atoms. The van der Waals surface area contributed by atoms with Crippen LogP contribution in [0.15, 0.2) is 12.1 Å². The van der Waals surface area contributed by atoms with Crippen molar-refractivity contribution in [3.8, 4) is 0 Å². The summed E-state index contributed by atoms with van der Waals surface area (Å²) in [5, 5.41) is 3.66. The third-order valence-corrected chi connectivity index (χ3v) is 4.24. The van der Waals surface area contributed by atoms with Gasteiger partial charge in [-0.15, -0.1) is 11.3 Å². The number of hydrogen-bond donors (Lipinski definition) is 1. The monoisotopic (exact) mass is 252 g/mol. The fourth-order valence-electron chi connectivity index (χ4n) is 2.60. The van der Waals surface area contributed by atoms with E-state index in [1.807, 2.05) is 11.3 Å². The van der Waals surface area contributed by atoms with Crippen molar-refractivity contribution < 1.29 is 0 Å². The van der Waals surface area contributed by atoms with Crippen LogP contribution in [0.1, 0.15) is 36.4 Å². The third kappa shape index (κ3) is 4.09. The molecule has 1 unspecified atom stereocenters. The molecule has 3 heteroatoms. The molecule has 0 aliphatic carbocycles. The van der Waals surface area contributed by atoms with Gasteiger partial charge in [-0.3, -0.25) is 4.90 Å². The van der Waals surface area contributed by atoms with E-state index in [0.717, 1.165) is 6.54 Å². The van der Waals surface area contributed by atoms with Gasteiger partial charge in [0.25, 0.3) is 0 Å². The molecule has 1 aliphatic rings. The highest BCUT2D eigenvalue weighted by Gasteiger charge is 2.20. The van der Waals surface area contributed by atoms with Gasteiger partial charge in [-0.05, 0) is 38.4 Å². The van der Waals surface area contributed by atoms with Gasteiger partial charge in [0.15, 0.2) is 0 Å². The molecule has 1 saturated heterocycles. The van der Waals surface area contributed by atoms with Gasteiger partial charge < -0.3 is 5.32 Å². The second-order valence-electron chi connectivity index (χ2n) is 5.41. The largest absolute Gasteiger partial charge is 0.311 e. The van der Waals surface area contributed by atoms with Crippen LogP contribution in [0.5, 0.6) is 0 Å². The predicted molar refractivity (Wildman–Crippen MR) is 75.6 cm³/mol. The van der Waals surface area contributed by atoms with Crippen LogP contribution in [0.2, 0.25) is 0 Å². The molecule has 0 saturated carbocycles. The molecule has 0 amide bonds. The maximum absolute atomic E-state index is 3.66. The smallest absolute Gasteiger partial charge is 0.0328 e. The number of nitrogens with one attached hydrogen (secondary N) is 1. The van der Waals surface area contributed by atoms with E-state index >= 15 is 0 Å². The van der Waals surface area contributed by atoms with Crippen LogP contribution in [0.4, 0.5) is 0 Å². The topological polar surface area (TPSA) is 15.3 Å². The van der Waals surface area contributed by atoms with Gasteiger partial charge in [0.05, 0.1) is 0 Å². The minimum absolute atomic E-state index is 0.601. The molecular weight excluding hydrogens is 228 g/mol. The predicted octanol–water partition coefficient (Wildman–Crippen LogP) is 3.02. The molecule has 1 aromatic rings. The fraction of sp³-hybridized carbons (Fsp3) is 0.714. The van der Waals surface area contributed by atoms with E-state index in [1.165, 1.54) is 35.7 Å². The molecule has 2 heterocycles. The first-order chi connectivity index (χ1) is 8.13. The highest BCUT2D eigenvalue weighted by atomic mass is 32.1. The first-order valence-corrected chi connectivity index (χ1v) is 7.49. The maximum Gasteiger partial charge on any atom is 0.0328 e. The maximum atomic E-state index is 3.66. The van der Waals surface area contributed by atoms with Crippen molar-refractivity contribution >= 4 is 11.3 Å². The lowest BCUT2D eigenvalue weighted by Gasteiger charge is -2.34. The molecule has 2 rings (SSSR count). The van der Waals surface area contributed by atoms with E-state index in [-0.39, 0.29) is 0 Å². The van der Waals surface area contributed by atoms with Gasteiger partial charge in [0.2, 0.25) is 0 Å². The second-order valence-corrected chi connectivity index (χ2v) is 6.78. The SMILES string of the molecule is Cc1ccc(CN2CCCC(NC(C)C)C2)s1. The number of hydrogen-bond acceptors (Lipinski definition) is 3. The average molecular weight is 252 g/mol. The Hall–Kier alpha value is -0.380. The number of nitrogens with zero attached hydrogens (tertiary/aromatic N) is 1. The third-order valence-electron chi connectivity index (χ3n) is 3.25. The Balaban J connectivity index is 1.85. The van der Waals surface area contributed by atoms with Crippen LogP contribution >= 0.6 is 11.3 Å². The average Bonchev–Trinajstić information content (AvgIpc) is 2.63. The lowest BCUT2D eigenvalue weighted by Crippen LogP contribution is -2.47. The van der Waals surface area contributed by atoms with Crippen molar-refractivity contribution in [1.29, 1.82) is 0 Å². The molecule has 2 nitrogen and oxygen atoms in total. The summed E-state index contributed by atoms with van der Waals surface area (Å²) >= 11 is 1.93. The number of likely N-dealkylation sites (tertiary alicyclic amines) is 1. The van der Waals surface area contributed by atoms with E-state index in [4.69, 9.17) is 0 Å². The van der Waals surface area contributed by atoms with Crippen LogP contribution in [0.25, 0.3) is 0 Å². The standard InChI is InChI=1S/C14H24N2S/c1-11(2)15-13-5-4-8-16(9-13)10-14-7-6-12(3)17-14/h6-7,11,13,15H,4-5,8-10H2,1-3H3. The Labute approximate surface area is 109 Å². The lowest BCUT2D eigenvalue weighted by atomic mass is 10.0. The minimum Gasteiger partial charge on any atom is -0.311 e. The molecule has 1 N–H and O–H groups in total. The van der Waals surface area contributed by atoms with Gasteiger partial charge in [-0.2, -0.15) is 0 Å². The summed E-state index contributed by atoms with van der Waals surface area (Å²) in [6, 6.07) is 5.79. The zero-order valence-corrected chi connectivity index (χ0v) is 12.0. The Morgan fingerprint density at radius 1 is 1.47 bits per heavy atom. The molecule has 1 fully saturated rings. The molecule has 96 valence electrons. The van der Waals surface area contributed by atoms with Crippen molar-refractivity contribution in [3.05, 3.63) is 21.9 Å². The molecule has 1 atom stereocenters. The van der Waals surface area contributed by atoms with Crippen molar-refractivity contribution in [2.24, 2.45) is 0 Å². The van der Waals surface area contributed by atoms with Crippen LogP contribution < -0.4 is 5.32 Å². The Morgan fingerprint density at radius 2 is 2.29 bits per heavy atom. The summed E-state index contributed by atoms with van der Waals surface area (Å²) in [5.74, 6) is 0. The van der Waals surface area contributed by atoms with Crippen LogP contribution in [0.3, 0.4) is 0 Å². The van der Waals surface area contributed by atoms with E-state index in [1.54, 1.807) is 0 Å². The lowest BCUT2D eigenvalue weighted by molar-refractivity contribution is 0.180. The van der Waals surface area contributed by atoms with Crippen molar-refractivity contribution in [2.75, 3.05) is 13.1 Å². The number of rotatable bonds is 4. The van der Waals surface area contributed by atoms with Gasteiger partial charge in [-0.25, -0.2) is 0 Å². The van der Waals surface area contributed by atoms with E-state index in [2.05, 4.69) is 43.1 Å². The van der Waals surface area contributed by atoms with Crippen molar-refractivity contribution in [1.82, 2.24) is 10.2 Å². The zero-order valence-electron chi connectivity index (χ0n) is 11.2. The number of aryl methyl sites for hydroxylation is 1. The summed E-state index contributed by atoms with van der Waals surface area (Å²) in [6.45, 7) is 10.3. The van der Waals surface area contributed by atoms with Crippen molar-refractivity contribution in [3.63, 3.8) is 0 Å². The van der Waals surface area contributed by atoms with Crippen LogP contribution in [-0.4, -0.2) is 30.1 Å². The quantitative estimate of drug-likeness (QED) is 0.886. The second kappa shape index (κ2) is 5.98. The zero-order chi connectivity index (χ0) is 12.3. The highest BCUT2D eigenvalue weighted by Crippen LogP contribution is 2.19. The number of piperidine rings is 1. The van der Waals surface area contributed by atoms with E-state index in [0.29, 0.717) is 12.1 Å². The molecule has 0 aromatic carbocycles. The summed E-state index contributed by atoms with van der Waals surface area (Å²) in [6.07, 6.45) is 2.66.